The molecule has 96 valence electrons. The highest BCUT2D eigenvalue weighted by molar-refractivity contribution is 5.59. The van der Waals surface area contributed by atoms with Crippen molar-refractivity contribution in [3.05, 3.63) is 29.8 Å². The summed E-state index contributed by atoms with van der Waals surface area (Å²) in [4.78, 5) is 2.23. The molecule has 0 amide bonds. The minimum atomic E-state index is 0.160. The molecule has 1 unspecified atom stereocenters. The fraction of sp³-hybridized carbons (Fsp3) is 0.500. The van der Waals surface area contributed by atoms with Crippen molar-refractivity contribution in [2.24, 2.45) is 0 Å². The summed E-state index contributed by atoms with van der Waals surface area (Å²) in [7, 11) is 0. The Labute approximate surface area is 108 Å². The summed E-state index contributed by atoms with van der Waals surface area (Å²) in [6, 6.07) is 10.0. The number of hydrogen-bond donors (Lipinski definition) is 1. The molecule has 0 bridgehead atoms. The van der Waals surface area contributed by atoms with Gasteiger partial charge in [0, 0.05) is 13.1 Å². The Hall–Kier alpha value is -1.57. The summed E-state index contributed by atoms with van der Waals surface area (Å²) in [5.74, 6) is 0. The van der Waals surface area contributed by atoms with Crippen molar-refractivity contribution in [3.8, 4) is 6.07 Å². The third-order valence-electron chi connectivity index (χ3n) is 3.08. The molecule has 18 heavy (non-hydrogen) atoms. The van der Waals surface area contributed by atoms with Gasteiger partial charge in [0.05, 0.1) is 24.5 Å². The minimum Gasteiger partial charge on any atom is -0.377 e. The quantitative estimate of drug-likeness (QED) is 0.877. The first-order valence-electron chi connectivity index (χ1n) is 6.43. The van der Waals surface area contributed by atoms with Crippen LogP contribution < -0.4 is 10.2 Å². The highest BCUT2D eigenvalue weighted by Crippen LogP contribution is 2.22. The first-order valence-corrected chi connectivity index (χ1v) is 6.43. The lowest BCUT2D eigenvalue weighted by Gasteiger charge is -2.36. The number of morpholine rings is 1. The van der Waals surface area contributed by atoms with Crippen molar-refractivity contribution in [3.63, 3.8) is 0 Å². The molecule has 1 saturated heterocycles. The van der Waals surface area contributed by atoms with Crippen LogP contribution in [0.2, 0.25) is 0 Å². The van der Waals surface area contributed by atoms with E-state index in [1.807, 2.05) is 24.3 Å². The third-order valence-corrected chi connectivity index (χ3v) is 3.08. The summed E-state index contributed by atoms with van der Waals surface area (Å²) in [5, 5.41) is 12.7. The summed E-state index contributed by atoms with van der Waals surface area (Å²) in [6.45, 7) is 5.35. The maximum atomic E-state index is 9.21. The maximum absolute atomic E-state index is 9.21. The van der Waals surface area contributed by atoms with Crippen molar-refractivity contribution in [2.45, 2.75) is 19.5 Å². The normalized spacial score (nSPS) is 19.2. The van der Waals surface area contributed by atoms with E-state index < -0.39 is 0 Å². The zero-order chi connectivity index (χ0) is 12.8. The van der Waals surface area contributed by atoms with Crippen molar-refractivity contribution < 1.29 is 4.74 Å². The molecule has 4 nitrogen and oxygen atoms in total. The first kappa shape index (κ1) is 12.9. The molecule has 0 aliphatic carbocycles. The van der Waals surface area contributed by atoms with Crippen molar-refractivity contribution in [1.82, 2.24) is 5.32 Å². The maximum Gasteiger partial charge on any atom is 0.103 e. The van der Waals surface area contributed by atoms with Gasteiger partial charge in [-0.15, -0.1) is 0 Å². The molecule has 1 atom stereocenters. The van der Waals surface area contributed by atoms with Gasteiger partial charge >= 0.3 is 0 Å². The van der Waals surface area contributed by atoms with E-state index in [9.17, 15) is 5.26 Å². The van der Waals surface area contributed by atoms with Gasteiger partial charge in [-0.05, 0) is 18.6 Å². The van der Waals surface area contributed by atoms with Crippen LogP contribution in [0.5, 0.6) is 0 Å². The summed E-state index contributed by atoms with van der Waals surface area (Å²) in [5.41, 5.74) is 1.71. The summed E-state index contributed by atoms with van der Waals surface area (Å²) < 4.78 is 5.52. The van der Waals surface area contributed by atoms with E-state index in [1.54, 1.807) is 0 Å². The fourth-order valence-electron chi connectivity index (χ4n) is 2.26. The molecule has 1 heterocycles. The smallest absolute Gasteiger partial charge is 0.103 e. The van der Waals surface area contributed by atoms with Crippen LogP contribution in [-0.2, 0) is 4.74 Å². The lowest BCUT2D eigenvalue weighted by Crippen LogP contribution is -2.53. The van der Waals surface area contributed by atoms with E-state index in [4.69, 9.17) is 4.74 Å². The van der Waals surface area contributed by atoms with E-state index >= 15 is 0 Å². The molecule has 1 aliphatic heterocycles. The lowest BCUT2D eigenvalue weighted by atomic mass is 10.1. The molecule has 4 heteroatoms. The Morgan fingerprint density at radius 2 is 2.33 bits per heavy atom. The monoisotopic (exact) mass is 245 g/mol. The number of nitrogens with one attached hydrogen (secondary N) is 1. The number of hydrogen-bond acceptors (Lipinski definition) is 4. The topological polar surface area (TPSA) is 48.3 Å². The molecule has 1 aromatic carbocycles. The Morgan fingerprint density at radius 3 is 3.00 bits per heavy atom. The molecule has 2 rings (SSSR count). The van der Waals surface area contributed by atoms with Crippen LogP contribution in [-0.4, -0.2) is 32.5 Å². The van der Waals surface area contributed by atoms with E-state index in [1.165, 1.54) is 0 Å². The van der Waals surface area contributed by atoms with Gasteiger partial charge < -0.3 is 9.64 Å². The number of para-hydroxylation sites is 1. The minimum absolute atomic E-state index is 0.160. The number of nitrogens with zero attached hydrogens (tertiary/aromatic N) is 2. The van der Waals surface area contributed by atoms with Crippen LogP contribution in [0.25, 0.3) is 0 Å². The zero-order valence-electron chi connectivity index (χ0n) is 10.7. The van der Waals surface area contributed by atoms with Crippen molar-refractivity contribution >= 4 is 5.69 Å². The van der Waals surface area contributed by atoms with E-state index in [0.29, 0.717) is 6.61 Å². The Kier molecular flexibility index (Phi) is 4.57. The second kappa shape index (κ2) is 6.39. The lowest BCUT2D eigenvalue weighted by molar-refractivity contribution is 0.0755. The highest BCUT2D eigenvalue weighted by atomic mass is 16.5. The van der Waals surface area contributed by atoms with Crippen LogP contribution in [0.1, 0.15) is 18.9 Å². The number of ether oxygens (including phenoxy) is 1. The predicted octanol–water partition coefficient (Wildman–Crippen LogP) is 1.72. The van der Waals surface area contributed by atoms with Crippen LogP contribution in [0.3, 0.4) is 0 Å². The van der Waals surface area contributed by atoms with Gasteiger partial charge in [-0.3, -0.25) is 5.32 Å². The highest BCUT2D eigenvalue weighted by Gasteiger charge is 2.22. The largest absolute Gasteiger partial charge is 0.377 e. The number of rotatable bonds is 4. The van der Waals surface area contributed by atoms with Gasteiger partial charge in [0.25, 0.3) is 0 Å². The number of nitriles is 1. The Balaban J connectivity index is 2.25. The van der Waals surface area contributed by atoms with Crippen LogP contribution in [0.15, 0.2) is 24.3 Å². The molecule has 0 saturated carbocycles. The number of anilines is 1. The van der Waals surface area contributed by atoms with Gasteiger partial charge in [-0.2, -0.15) is 5.26 Å². The average Bonchev–Trinajstić information content (AvgIpc) is 2.46. The Bertz CT molecular complexity index is 421. The van der Waals surface area contributed by atoms with Gasteiger partial charge in [-0.1, -0.05) is 19.1 Å². The summed E-state index contributed by atoms with van der Waals surface area (Å²) >= 11 is 0. The molecular formula is C14H19N3O. The fourth-order valence-corrected chi connectivity index (χ4v) is 2.26. The molecule has 1 N–H and O–H groups in total. The first-order chi connectivity index (χ1) is 8.86. The molecule has 1 aromatic rings. The SMILES string of the molecule is CCCN(c1ccccc1C#N)C1COCCN1. The number of benzene rings is 1. The molecule has 1 fully saturated rings. The molecule has 0 spiro atoms. The predicted molar refractivity (Wildman–Crippen MR) is 71.4 cm³/mol. The van der Waals surface area contributed by atoms with E-state index in [0.717, 1.165) is 37.4 Å². The van der Waals surface area contributed by atoms with E-state index in [-0.39, 0.29) is 6.17 Å². The Morgan fingerprint density at radius 1 is 1.50 bits per heavy atom. The van der Waals surface area contributed by atoms with Crippen molar-refractivity contribution in [1.29, 1.82) is 5.26 Å². The molecule has 1 aliphatic rings. The zero-order valence-corrected chi connectivity index (χ0v) is 10.7. The van der Waals surface area contributed by atoms with Crippen LogP contribution in [0.4, 0.5) is 5.69 Å². The second-order valence-electron chi connectivity index (χ2n) is 4.37. The summed E-state index contributed by atoms with van der Waals surface area (Å²) in [6.07, 6.45) is 1.20. The van der Waals surface area contributed by atoms with Crippen LogP contribution >= 0.6 is 0 Å². The second-order valence-corrected chi connectivity index (χ2v) is 4.37. The van der Waals surface area contributed by atoms with Gasteiger partial charge in [0.1, 0.15) is 12.2 Å². The van der Waals surface area contributed by atoms with Gasteiger partial charge in [0.15, 0.2) is 0 Å². The average molecular weight is 245 g/mol. The van der Waals surface area contributed by atoms with Crippen molar-refractivity contribution in [2.75, 3.05) is 31.2 Å². The molecule has 0 radical (unpaired) electrons. The van der Waals surface area contributed by atoms with Gasteiger partial charge in [-0.25, -0.2) is 0 Å². The third kappa shape index (κ3) is 2.81. The van der Waals surface area contributed by atoms with Crippen LogP contribution in [0, 0.1) is 11.3 Å². The molecule has 0 aromatic heterocycles. The van der Waals surface area contributed by atoms with E-state index in [2.05, 4.69) is 23.2 Å². The van der Waals surface area contributed by atoms with Gasteiger partial charge in [0.2, 0.25) is 0 Å². The molecular weight excluding hydrogens is 226 g/mol. The standard InChI is InChI=1S/C14H19N3O/c1-2-8-17(14-11-18-9-7-16-14)13-6-4-3-5-12(13)10-15/h3-6,14,16H,2,7-9,11H2,1H3.